The minimum Gasteiger partial charge on any atom is -0.368 e. The summed E-state index contributed by atoms with van der Waals surface area (Å²) in [6.45, 7) is 2.77. The van der Waals surface area contributed by atoms with E-state index >= 15 is 0 Å². The highest BCUT2D eigenvalue weighted by Gasteiger charge is 2.13. The van der Waals surface area contributed by atoms with Crippen molar-refractivity contribution in [2.45, 2.75) is 17.1 Å². The molecule has 1 N–H and O–H groups in total. The van der Waals surface area contributed by atoms with Gasteiger partial charge in [-0.3, -0.25) is 0 Å². The Labute approximate surface area is 101 Å². The fourth-order valence-electron chi connectivity index (χ4n) is 1.15. The van der Waals surface area contributed by atoms with Crippen LogP contribution in [0, 0.1) is 0 Å². The van der Waals surface area contributed by atoms with Gasteiger partial charge in [-0.2, -0.15) is 11.8 Å². The van der Waals surface area contributed by atoms with Crippen molar-refractivity contribution in [1.29, 1.82) is 0 Å². The maximum absolute atomic E-state index is 11.5. The van der Waals surface area contributed by atoms with E-state index in [0.717, 1.165) is 0 Å². The molecule has 0 aliphatic heterocycles. The first kappa shape index (κ1) is 13.3. The number of aromatic nitrogens is 1. The van der Waals surface area contributed by atoms with E-state index in [9.17, 15) is 8.42 Å². The Kier molecular flexibility index (Phi) is 4.61. The molecule has 16 heavy (non-hydrogen) atoms. The molecule has 6 heteroatoms. The van der Waals surface area contributed by atoms with Gasteiger partial charge in [0.15, 0.2) is 9.84 Å². The Morgan fingerprint density at radius 1 is 1.56 bits per heavy atom. The fourth-order valence-corrected chi connectivity index (χ4v) is 2.20. The number of pyridine rings is 1. The van der Waals surface area contributed by atoms with Gasteiger partial charge in [-0.25, -0.2) is 13.4 Å². The molecule has 1 rings (SSSR count). The third kappa shape index (κ3) is 3.68. The number of nitrogens with one attached hydrogen (secondary N) is 1. The van der Waals surface area contributed by atoms with E-state index in [2.05, 4.69) is 17.2 Å². The molecule has 0 saturated heterocycles. The van der Waals surface area contributed by atoms with Crippen LogP contribution >= 0.6 is 11.8 Å². The Morgan fingerprint density at radius 2 is 2.25 bits per heavy atom. The summed E-state index contributed by atoms with van der Waals surface area (Å²) in [4.78, 5) is 4.30. The monoisotopic (exact) mass is 260 g/mol. The second-order valence-electron chi connectivity index (χ2n) is 3.55. The summed E-state index contributed by atoms with van der Waals surface area (Å²) in [7, 11) is -3.22. The first-order valence-corrected chi connectivity index (χ1v) is 8.05. The lowest BCUT2D eigenvalue weighted by atomic mass is 10.4. The molecule has 1 aromatic rings. The Bertz CT molecular complexity index is 446. The summed E-state index contributed by atoms with van der Waals surface area (Å²) in [6, 6.07) is 3.19. The van der Waals surface area contributed by atoms with Crippen molar-refractivity contribution >= 4 is 27.4 Å². The summed E-state index contributed by atoms with van der Waals surface area (Å²) >= 11 is 1.72. The SMILES string of the molecule is CSC(C)CNc1ncccc1S(C)(=O)=O. The van der Waals surface area contributed by atoms with Crippen LogP contribution in [0.15, 0.2) is 23.2 Å². The predicted molar refractivity (Wildman–Crippen MR) is 68.8 cm³/mol. The molecule has 0 aliphatic rings. The normalized spacial score (nSPS) is 13.4. The molecule has 0 amide bonds. The summed E-state index contributed by atoms with van der Waals surface area (Å²) in [6.07, 6.45) is 4.79. The van der Waals surface area contributed by atoms with Crippen molar-refractivity contribution in [3.8, 4) is 0 Å². The van der Waals surface area contributed by atoms with E-state index in [-0.39, 0.29) is 4.90 Å². The van der Waals surface area contributed by atoms with E-state index in [0.29, 0.717) is 17.6 Å². The van der Waals surface area contributed by atoms with E-state index in [4.69, 9.17) is 0 Å². The zero-order chi connectivity index (χ0) is 12.2. The topological polar surface area (TPSA) is 59.1 Å². The van der Waals surface area contributed by atoms with Crippen LogP contribution in [0.1, 0.15) is 6.92 Å². The molecule has 1 atom stereocenters. The number of anilines is 1. The van der Waals surface area contributed by atoms with E-state index in [1.807, 2.05) is 6.26 Å². The first-order valence-electron chi connectivity index (χ1n) is 4.87. The zero-order valence-corrected chi connectivity index (χ0v) is 11.2. The van der Waals surface area contributed by atoms with Crippen molar-refractivity contribution < 1.29 is 8.42 Å². The van der Waals surface area contributed by atoms with Gasteiger partial charge in [-0.05, 0) is 18.4 Å². The van der Waals surface area contributed by atoms with E-state index < -0.39 is 9.84 Å². The lowest BCUT2D eigenvalue weighted by Gasteiger charge is -2.12. The molecule has 0 saturated carbocycles. The second kappa shape index (κ2) is 5.54. The molecule has 0 spiro atoms. The van der Waals surface area contributed by atoms with Crippen LogP contribution < -0.4 is 5.32 Å². The number of hydrogen-bond acceptors (Lipinski definition) is 5. The van der Waals surface area contributed by atoms with Crippen LogP contribution in [-0.2, 0) is 9.84 Å². The first-order chi connectivity index (χ1) is 7.45. The molecule has 0 aliphatic carbocycles. The van der Waals surface area contributed by atoms with Crippen LogP contribution in [0.3, 0.4) is 0 Å². The molecular formula is C10H16N2O2S2. The van der Waals surface area contributed by atoms with Gasteiger partial charge in [-0.15, -0.1) is 0 Å². The zero-order valence-electron chi connectivity index (χ0n) is 9.60. The molecule has 90 valence electrons. The summed E-state index contributed by atoms with van der Waals surface area (Å²) in [5.74, 6) is 0.436. The highest BCUT2D eigenvalue weighted by atomic mass is 32.2. The molecule has 4 nitrogen and oxygen atoms in total. The molecular weight excluding hydrogens is 244 g/mol. The molecule has 0 bridgehead atoms. The van der Waals surface area contributed by atoms with E-state index in [1.54, 1.807) is 30.1 Å². The van der Waals surface area contributed by atoms with Crippen LogP contribution in [0.25, 0.3) is 0 Å². The van der Waals surface area contributed by atoms with Gasteiger partial charge in [0.05, 0.1) is 0 Å². The number of thioether (sulfide) groups is 1. The molecule has 0 aromatic carbocycles. The quantitative estimate of drug-likeness (QED) is 0.872. The van der Waals surface area contributed by atoms with Gasteiger partial charge in [0, 0.05) is 24.2 Å². The second-order valence-corrected chi connectivity index (χ2v) is 6.81. The van der Waals surface area contributed by atoms with Gasteiger partial charge < -0.3 is 5.32 Å². The van der Waals surface area contributed by atoms with Crippen molar-refractivity contribution in [3.63, 3.8) is 0 Å². The van der Waals surface area contributed by atoms with Crippen LogP contribution in [-0.4, -0.2) is 37.7 Å². The maximum Gasteiger partial charge on any atom is 0.179 e. The minimum atomic E-state index is -3.22. The Morgan fingerprint density at radius 3 is 2.81 bits per heavy atom. The average molecular weight is 260 g/mol. The predicted octanol–water partition coefficient (Wildman–Crippen LogP) is 1.65. The Balaban J connectivity index is 2.88. The lowest BCUT2D eigenvalue weighted by Crippen LogP contribution is -2.15. The largest absolute Gasteiger partial charge is 0.368 e. The number of sulfone groups is 1. The van der Waals surface area contributed by atoms with Crippen molar-refractivity contribution in [3.05, 3.63) is 18.3 Å². The highest BCUT2D eigenvalue weighted by Crippen LogP contribution is 2.18. The third-order valence-electron chi connectivity index (χ3n) is 2.13. The third-order valence-corrected chi connectivity index (χ3v) is 4.23. The maximum atomic E-state index is 11.5. The van der Waals surface area contributed by atoms with Crippen LogP contribution in [0.2, 0.25) is 0 Å². The standard InChI is InChI=1S/C10H16N2O2S2/c1-8(15-2)7-12-10-9(16(3,13)14)5-4-6-11-10/h4-6,8H,7H2,1-3H3,(H,11,12). The Hall–Kier alpha value is -0.750. The minimum absolute atomic E-state index is 0.253. The highest BCUT2D eigenvalue weighted by molar-refractivity contribution is 7.99. The van der Waals surface area contributed by atoms with Crippen molar-refractivity contribution in [2.75, 3.05) is 24.4 Å². The number of nitrogens with zero attached hydrogens (tertiary/aromatic N) is 1. The molecule has 1 aromatic heterocycles. The van der Waals surface area contributed by atoms with Crippen LogP contribution in [0.4, 0.5) is 5.82 Å². The fraction of sp³-hybridized carbons (Fsp3) is 0.500. The summed E-state index contributed by atoms with van der Waals surface area (Å²) in [5, 5.41) is 3.47. The van der Waals surface area contributed by atoms with Crippen LogP contribution in [0.5, 0.6) is 0 Å². The molecule has 1 unspecified atom stereocenters. The smallest absolute Gasteiger partial charge is 0.179 e. The number of hydrogen-bond donors (Lipinski definition) is 1. The molecule has 0 fully saturated rings. The average Bonchev–Trinajstić information content (AvgIpc) is 2.25. The van der Waals surface area contributed by atoms with Crippen molar-refractivity contribution in [1.82, 2.24) is 4.98 Å². The van der Waals surface area contributed by atoms with Gasteiger partial charge >= 0.3 is 0 Å². The molecule has 1 heterocycles. The van der Waals surface area contributed by atoms with Crippen molar-refractivity contribution in [2.24, 2.45) is 0 Å². The summed E-state index contributed by atoms with van der Waals surface area (Å²) in [5.41, 5.74) is 0. The van der Waals surface area contributed by atoms with Gasteiger partial charge in [0.2, 0.25) is 0 Å². The van der Waals surface area contributed by atoms with Gasteiger partial charge in [0.1, 0.15) is 10.7 Å². The lowest BCUT2D eigenvalue weighted by molar-refractivity contribution is 0.601. The summed E-state index contributed by atoms with van der Waals surface area (Å²) < 4.78 is 23.0. The number of rotatable bonds is 5. The molecule has 0 radical (unpaired) electrons. The van der Waals surface area contributed by atoms with Gasteiger partial charge in [0.25, 0.3) is 0 Å². The van der Waals surface area contributed by atoms with E-state index in [1.165, 1.54) is 6.26 Å². The van der Waals surface area contributed by atoms with Gasteiger partial charge in [-0.1, -0.05) is 6.92 Å².